The molecule has 0 aliphatic carbocycles. The van der Waals surface area contributed by atoms with E-state index in [2.05, 4.69) is 11.7 Å². The zero-order valence-electron chi connectivity index (χ0n) is 18.6. The Morgan fingerprint density at radius 1 is 1.00 bits per heavy atom. The molecule has 6 nitrogen and oxygen atoms in total. The topological polar surface area (TPSA) is 57.5 Å². The summed E-state index contributed by atoms with van der Waals surface area (Å²) in [5.41, 5.74) is 3.19. The van der Waals surface area contributed by atoms with E-state index in [-0.39, 0.29) is 6.09 Å². The molecule has 31 heavy (non-hydrogen) atoms. The van der Waals surface area contributed by atoms with E-state index in [1.54, 1.807) is 4.90 Å². The van der Waals surface area contributed by atoms with Crippen LogP contribution in [0.2, 0.25) is 5.02 Å². The second-order valence-corrected chi connectivity index (χ2v) is 8.88. The fraction of sp³-hybridized carbons (Fsp3) is 0.375. The number of carbonyl (C=O) groups excluding carboxylic acids is 1. The van der Waals surface area contributed by atoms with Crippen LogP contribution < -0.4 is 0 Å². The zero-order valence-corrected chi connectivity index (χ0v) is 19.3. The Morgan fingerprint density at radius 2 is 1.61 bits per heavy atom. The molecule has 1 aliphatic rings. The summed E-state index contributed by atoms with van der Waals surface area (Å²) in [6, 6.07) is 13.7. The summed E-state index contributed by atoms with van der Waals surface area (Å²) in [6.45, 7) is 13.6. The van der Waals surface area contributed by atoms with Crippen LogP contribution in [0.1, 0.15) is 26.3 Å². The molecule has 1 amide bonds. The third-order valence-corrected chi connectivity index (χ3v) is 5.30. The summed E-state index contributed by atoms with van der Waals surface area (Å²) < 4.78 is 5.48. The Balaban J connectivity index is 1.83. The Hall–Kier alpha value is -2.86. The number of carbonyl (C=O) groups is 1. The van der Waals surface area contributed by atoms with E-state index in [0.29, 0.717) is 37.2 Å². The molecular formula is C24H29ClN4O2. The lowest BCUT2D eigenvalue weighted by molar-refractivity contribution is 0.0186. The van der Waals surface area contributed by atoms with Crippen LogP contribution in [0.5, 0.6) is 0 Å². The molecule has 0 bridgehead atoms. The average molecular weight is 441 g/mol. The van der Waals surface area contributed by atoms with Crippen LogP contribution >= 0.6 is 11.6 Å². The summed E-state index contributed by atoms with van der Waals surface area (Å²) in [7, 11) is 0. The molecule has 0 radical (unpaired) electrons. The number of nitrogens with zero attached hydrogens (tertiary/aromatic N) is 4. The lowest BCUT2D eigenvalue weighted by Gasteiger charge is -2.36. The fourth-order valence-electron chi connectivity index (χ4n) is 3.43. The molecule has 7 heteroatoms. The van der Waals surface area contributed by atoms with Crippen molar-refractivity contribution in [3.63, 3.8) is 0 Å². The fourth-order valence-corrected chi connectivity index (χ4v) is 3.66. The monoisotopic (exact) mass is 440 g/mol. The summed E-state index contributed by atoms with van der Waals surface area (Å²) in [5, 5.41) is 0.670. The van der Waals surface area contributed by atoms with Crippen LogP contribution in [-0.4, -0.2) is 60.4 Å². The highest BCUT2D eigenvalue weighted by Crippen LogP contribution is 2.37. The molecule has 0 spiro atoms. The number of amides is 1. The summed E-state index contributed by atoms with van der Waals surface area (Å²) >= 11 is 6.45. The van der Waals surface area contributed by atoms with Crippen LogP contribution in [0.3, 0.4) is 0 Å². The predicted molar refractivity (Wildman–Crippen MR) is 128 cm³/mol. The van der Waals surface area contributed by atoms with E-state index in [1.807, 2.05) is 75.1 Å². The maximum atomic E-state index is 12.3. The minimum absolute atomic E-state index is 0.294. The van der Waals surface area contributed by atoms with Gasteiger partial charge < -0.3 is 14.5 Å². The number of hydrogen-bond donors (Lipinski definition) is 0. The maximum absolute atomic E-state index is 12.3. The van der Waals surface area contributed by atoms with Crippen LogP contribution in [0.25, 0.3) is 11.1 Å². The predicted octanol–water partition coefficient (Wildman–Crippen LogP) is 5.56. The van der Waals surface area contributed by atoms with Gasteiger partial charge in [0.15, 0.2) is 0 Å². The first-order valence-corrected chi connectivity index (χ1v) is 10.7. The van der Waals surface area contributed by atoms with Crippen LogP contribution in [0.15, 0.2) is 52.4 Å². The first-order chi connectivity index (χ1) is 14.7. The standard InChI is InChI=1S/C24H29ClN4O2/c1-17-9-8-11-19(18-10-6-7-12-20(18)25)21(17)27-22(26-5)28-13-15-29(16-14-28)23(30)31-24(2,3)4/h6-12H,5,13-16H2,1-4H3/b27-22+. The van der Waals surface area contributed by atoms with E-state index in [1.165, 1.54) is 0 Å². The first kappa shape index (κ1) is 22.8. The summed E-state index contributed by atoms with van der Waals surface area (Å²) in [4.78, 5) is 25.1. The second-order valence-electron chi connectivity index (χ2n) is 8.48. The molecule has 164 valence electrons. The van der Waals surface area contributed by atoms with Crippen molar-refractivity contribution in [3.8, 4) is 11.1 Å². The van der Waals surface area contributed by atoms with Crippen molar-refractivity contribution < 1.29 is 9.53 Å². The Kier molecular flexibility index (Phi) is 7.01. The van der Waals surface area contributed by atoms with Crippen molar-refractivity contribution in [1.82, 2.24) is 9.80 Å². The van der Waals surface area contributed by atoms with E-state index in [9.17, 15) is 4.79 Å². The van der Waals surface area contributed by atoms with Crippen molar-refractivity contribution in [2.75, 3.05) is 26.2 Å². The molecule has 3 rings (SSSR count). The molecule has 0 saturated carbocycles. The minimum Gasteiger partial charge on any atom is -0.444 e. The van der Waals surface area contributed by atoms with E-state index < -0.39 is 5.60 Å². The van der Waals surface area contributed by atoms with Crippen molar-refractivity contribution >= 4 is 36.1 Å². The quantitative estimate of drug-likeness (QED) is 0.454. The molecule has 1 heterocycles. The van der Waals surface area contributed by atoms with Gasteiger partial charge in [-0.3, -0.25) is 0 Å². The highest BCUT2D eigenvalue weighted by atomic mass is 35.5. The number of aliphatic imine (C=N–C) groups is 2. The van der Waals surface area contributed by atoms with Crippen LogP contribution in [0, 0.1) is 6.92 Å². The normalized spacial score (nSPS) is 15.1. The van der Waals surface area contributed by atoms with Gasteiger partial charge in [-0.1, -0.05) is 48.0 Å². The van der Waals surface area contributed by atoms with Gasteiger partial charge in [-0.15, -0.1) is 0 Å². The molecule has 0 aromatic heterocycles. The average Bonchev–Trinajstić information content (AvgIpc) is 2.72. The molecule has 2 aromatic rings. The first-order valence-electron chi connectivity index (χ1n) is 10.3. The van der Waals surface area contributed by atoms with E-state index in [4.69, 9.17) is 21.3 Å². The minimum atomic E-state index is -0.510. The molecule has 1 fully saturated rings. The number of benzene rings is 2. The van der Waals surface area contributed by atoms with Gasteiger partial charge in [-0.2, -0.15) is 0 Å². The molecule has 2 aromatic carbocycles. The Morgan fingerprint density at radius 3 is 2.23 bits per heavy atom. The van der Waals surface area contributed by atoms with Gasteiger partial charge in [0.25, 0.3) is 0 Å². The molecule has 0 N–H and O–H groups in total. The van der Waals surface area contributed by atoms with Gasteiger partial charge in [-0.25, -0.2) is 14.8 Å². The van der Waals surface area contributed by atoms with Gasteiger partial charge >= 0.3 is 6.09 Å². The number of rotatable bonds is 2. The smallest absolute Gasteiger partial charge is 0.410 e. The largest absolute Gasteiger partial charge is 0.444 e. The Bertz CT molecular complexity index is 989. The lowest BCUT2D eigenvalue weighted by Crippen LogP contribution is -2.51. The number of para-hydroxylation sites is 1. The van der Waals surface area contributed by atoms with E-state index >= 15 is 0 Å². The summed E-state index contributed by atoms with van der Waals surface area (Å²) in [6.07, 6.45) is -0.294. The number of guanidine groups is 1. The molecule has 1 aliphatic heterocycles. The van der Waals surface area contributed by atoms with Gasteiger partial charge in [0, 0.05) is 42.3 Å². The molecular weight excluding hydrogens is 412 g/mol. The van der Waals surface area contributed by atoms with Crippen molar-refractivity contribution in [1.29, 1.82) is 0 Å². The SMILES string of the molecule is C=N/C(=N\c1c(C)cccc1-c1ccccc1Cl)N1CCN(C(=O)OC(C)(C)C)CC1. The van der Waals surface area contributed by atoms with Gasteiger partial charge in [0.1, 0.15) is 5.60 Å². The van der Waals surface area contributed by atoms with Gasteiger partial charge in [-0.05, 0) is 46.0 Å². The second kappa shape index (κ2) is 9.52. The van der Waals surface area contributed by atoms with Crippen molar-refractivity contribution in [2.45, 2.75) is 33.3 Å². The van der Waals surface area contributed by atoms with E-state index in [0.717, 1.165) is 22.4 Å². The van der Waals surface area contributed by atoms with Gasteiger partial charge in [0.05, 0.1) is 5.69 Å². The van der Waals surface area contributed by atoms with Crippen LogP contribution in [-0.2, 0) is 4.74 Å². The highest BCUT2D eigenvalue weighted by molar-refractivity contribution is 6.33. The third-order valence-electron chi connectivity index (χ3n) is 4.97. The van der Waals surface area contributed by atoms with Crippen molar-refractivity contribution in [3.05, 3.63) is 53.1 Å². The van der Waals surface area contributed by atoms with Crippen molar-refractivity contribution in [2.24, 2.45) is 9.98 Å². The molecule has 1 saturated heterocycles. The maximum Gasteiger partial charge on any atom is 0.410 e. The number of ether oxygens (including phenoxy) is 1. The Labute approximate surface area is 189 Å². The highest BCUT2D eigenvalue weighted by Gasteiger charge is 2.27. The number of aryl methyl sites for hydroxylation is 1. The zero-order chi connectivity index (χ0) is 22.6. The summed E-state index contributed by atoms with van der Waals surface area (Å²) in [5.74, 6) is 0.534. The lowest BCUT2D eigenvalue weighted by atomic mass is 10.0. The molecule has 0 atom stereocenters. The third kappa shape index (κ3) is 5.64. The molecule has 0 unspecified atom stereocenters. The number of hydrogen-bond acceptors (Lipinski definition) is 3. The van der Waals surface area contributed by atoms with Crippen LogP contribution in [0.4, 0.5) is 10.5 Å². The van der Waals surface area contributed by atoms with Gasteiger partial charge in [0.2, 0.25) is 5.96 Å². The number of halogens is 1. The number of piperazine rings is 1.